The summed E-state index contributed by atoms with van der Waals surface area (Å²) in [6.07, 6.45) is 1.61. The third-order valence-corrected chi connectivity index (χ3v) is 5.31. The van der Waals surface area contributed by atoms with Gasteiger partial charge in [-0.3, -0.25) is 0 Å². The summed E-state index contributed by atoms with van der Waals surface area (Å²) in [6, 6.07) is 22.5. The van der Waals surface area contributed by atoms with Crippen molar-refractivity contribution in [3.8, 4) is 29.0 Å². The number of methoxy groups -OCH3 is 1. The van der Waals surface area contributed by atoms with Crippen molar-refractivity contribution in [1.29, 1.82) is 5.26 Å². The van der Waals surface area contributed by atoms with Gasteiger partial charge in [-0.2, -0.15) is 20.1 Å². The molecular weight excluding hydrogens is 458 g/mol. The van der Waals surface area contributed by atoms with E-state index in [-0.39, 0.29) is 6.61 Å². The number of H-pyrrole nitrogens is 1. The molecule has 0 amide bonds. The Morgan fingerprint density at radius 1 is 1.18 bits per heavy atom. The summed E-state index contributed by atoms with van der Waals surface area (Å²) in [5, 5.41) is 21.1. The monoisotopic (exact) mass is 475 g/mol. The molecule has 1 N–H and O–H groups in total. The minimum absolute atomic E-state index is 0.178. The minimum atomic E-state index is 0.178. The Labute approximate surface area is 200 Å². The fourth-order valence-electron chi connectivity index (χ4n) is 3.16. The quantitative estimate of drug-likeness (QED) is 0.277. The Hall–Kier alpha value is -3.93. The number of aromatic amines is 1. The van der Waals surface area contributed by atoms with E-state index in [1.54, 1.807) is 30.5 Å². The standard InChI is InChI=1S/C24H18ClN5O2S/c1-31-21-12-16(11-20(25)22(21)32-15-19-10-6-5-9-18(19)13-26)14-27-30-23(28-29-24(30)33)17-7-3-2-4-8-17/h2-12,14H,15H2,1H3,(H,29,33)/b27-14-. The normalized spacial score (nSPS) is 10.8. The van der Waals surface area contributed by atoms with Crippen LogP contribution in [0.1, 0.15) is 16.7 Å². The second-order valence-corrected chi connectivity index (χ2v) is 7.66. The number of hydrogen-bond acceptors (Lipinski definition) is 6. The van der Waals surface area contributed by atoms with Crippen molar-refractivity contribution in [3.05, 3.63) is 93.2 Å². The zero-order valence-corrected chi connectivity index (χ0v) is 19.1. The van der Waals surface area contributed by atoms with Crippen molar-refractivity contribution in [1.82, 2.24) is 14.9 Å². The number of rotatable bonds is 7. The fraction of sp³-hybridized carbons (Fsp3) is 0.0833. The van der Waals surface area contributed by atoms with Gasteiger partial charge in [0.05, 0.1) is 30.0 Å². The van der Waals surface area contributed by atoms with Crippen molar-refractivity contribution in [2.45, 2.75) is 6.61 Å². The molecular formula is C24H18ClN5O2S. The molecule has 1 heterocycles. The van der Waals surface area contributed by atoms with Crippen molar-refractivity contribution in [2.24, 2.45) is 5.10 Å². The van der Waals surface area contributed by atoms with Crippen molar-refractivity contribution < 1.29 is 9.47 Å². The molecule has 4 aromatic rings. The molecule has 0 saturated heterocycles. The molecule has 164 valence electrons. The third kappa shape index (κ3) is 4.95. The summed E-state index contributed by atoms with van der Waals surface area (Å²) in [7, 11) is 1.53. The fourth-order valence-corrected chi connectivity index (χ4v) is 3.61. The highest BCUT2D eigenvalue weighted by molar-refractivity contribution is 7.71. The number of halogens is 1. The maximum absolute atomic E-state index is 9.27. The molecule has 7 nitrogen and oxygen atoms in total. The van der Waals surface area contributed by atoms with Gasteiger partial charge in [-0.15, -0.1) is 0 Å². The van der Waals surface area contributed by atoms with E-state index in [4.69, 9.17) is 33.3 Å². The Bertz CT molecular complexity index is 1410. The lowest BCUT2D eigenvalue weighted by Gasteiger charge is -2.14. The molecule has 0 spiro atoms. The van der Waals surface area contributed by atoms with E-state index in [0.29, 0.717) is 38.2 Å². The highest BCUT2D eigenvalue weighted by Crippen LogP contribution is 2.36. The van der Waals surface area contributed by atoms with E-state index in [1.807, 2.05) is 42.5 Å². The zero-order valence-electron chi connectivity index (χ0n) is 17.5. The summed E-state index contributed by atoms with van der Waals surface area (Å²) < 4.78 is 13.3. The Morgan fingerprint density at radius 3 is 2.70 bits per heavy atom. The largest absolute Gasteiger partial charge is 0.493 e. The number of nitrogens with zero attached hydrogens (tertiary/aromatic N) is 4. The van der Waals surface area contributed by atoms with E-state index in [0.717, 1.165) is 11.1 Å². The minimum Gasteiger partial charge on any atom is -0.493 e. The van der Waals surface area contributed by atoms with Gasteiger partial charge in [0.15, 0.2) is 17.3 Å². The van der Waals surface area contributed by atoms with Gasteiger partial charge in [-0.25, -0.2) is 5.10 Å². The molecule has 0 saturated carbocycles. The van der Waals surface area contributed by atoms with E-state index >= 15 is 0 Å². The molecule has 0 aliphatic heterocycles. The molecule has 9 heteroatoms. The first kappa shape index (κ1) is 22.3. The lowest BCUT2D eigenvalue weighted by atomic mass is 10.1. The summed E-state index contributed by atoms with van der Waals surface area (Å²) in [5.41, 5.74) is 2.86. The lowest BCUT2D eigenvalue weighted by molar-refractivity contribution is 0.284. The topological polar surface area (TPSA) is 88.2 Å². The van der Waals surface area contributed by atoms with Crippen LogP contribution >= 0.6 is 23.8 Å². The van der Waals surface area contributed by atoms with Crippen molar-refractivity contribution in [3.63, 3.8) is 0 Å². The summed E-state index contributed by atoms with van der Waals surface area (Å²) in [5.74, 6) is 1.41. The SMILES string of the molecule is COc1cc(/C=N\n2c(-c3ccccc3)n[nH]c2=S)cc(Cl)c1OCc1ccccc1C#N. The first-order chi connectivity index (χ1) is 16.1. The molecule has 0 bridgehead atoms. The van der Waals surface area contributed by atoms with E-state index < -0.39 is 0 Å². The maximum Gasteiger partial charge on any atom is 0.216 e. The van der Waals surface area contributed by atoms with Gasteiger partial charge in [-0.05, 0) is 36.0 Å². The van der Waals surface area contributed by atoms with Gasteiger partial charge in [0.1, 0.15) is 6.61 Å². The average molecular weight is 476 g/mol. The first-order valence-corrected chi connectivity index (χ1v) is 10.6. The molecule has 0 radical (unpaired) electrons. The predicted molar refractivity (Wildman–Crippen MR) is 129 cm³/mol. The Balaban J connectivity index is 1.61. The number of ether oxygens (including phenoxy) is 2. The van der Waals surface area contributed by atoms with Gasteiger partial charge in [0.2, 0.25) is 4.77 Å². The highest BCUT2D eigenvalue weighted by Gasteiger charge is 2.13. The van der Waals surface area contributed by atoms with E-state index in [9.17, 15) is 5.26 Å². The van der Waals surface area contributed by atoms with Crippen LogP contribution in [-0.2, 0) is 6.61 Å². The third-order valence-electron chi connectivity index (χ3n) is 4.77. The molecule has 0 unspecified atom stereocenters. The Morgan fingerprint density at radius 2 is 1.94 bits per heavy atom. The van der Waals surface area contributed by atoms with Crippen LogP contribution in [0.3, 0.4) is 0 Å². The first-order valence-electron chi connectivity index (χ1n) is 9.86. The lowest BCUT2D eigenvalue weighted by Crippen LogP contribution is -2.01. The molecule has 0 fully saturated rings. The average Bonchev–Trinajstić information content (AvgIpc) is 3.22. The molecule has 0 aliphatic carbocycles. The summed E-state index contributed by atoms with van der Waals surface area (Å²) in [4.78, 5) is 0. The maximum atomic E-state index is 9.27. The molecule has 0 aliphatic rings. The van der Waals surface area contributed by atoms with Gasteiger partial charge in [0, 0.05) is 11.1 Å². The molecule has 33 heavy (non-hydrogen) atoms. The Kier molecular flexibility index (Phi) is 6.83. The smallest absolute Gasteiger partial charge is 0.216 e. The van der Waals surface area contributed by atoms with Crippen LogP contribution in [0.15, 0.2) is 71.8 Å². The van der Waals surface area contributed by atoms with Crippen LogP contribution in [0.4, 0.5) is 0 Å². The zero-order chi connectivity index (χ0) is 23.2. The number of nitriles is 1. The number of nitrogens with one attached hydrogen (secondary N) is 1. The van der Waals surface area contributed by atoms with Gasteiger partial charge >= 0.3 is 0 Å². The number of hydrogen-bond donors (Lipinski definition) is 1. The van der Waals surface area contributed by atoms with Crippen LogP contribution in [-0.4, -0.2) is 28.2 Å². The highest BCUT2D eigenvalue weighted by atomic mass is 35.5. The van der Waals surface area contributed by atoms with Crippen molar-refractivity contribution in [2.75, 3.05) is 7.11 Å². The van der Waals surface area contributed by atoms with Crippen molar-refractivity contribution >= 4 is 30.0 Å². The molecule has 0 atom stereocenters. The molecule has 4 rings (SSSR count). The van der Waals surface area contributed by atoms with Gasteiger partial charge in [0.25, 0.3) is 0 Å². The van der Waals surface area contributed by atoms with Crippen LogP contribution in [0, 0.1) is 16.1 Å². The summed E-state index contributed by atoms with van der Waals surface area (Å²) >= 11 is 11.8. The van der Waals surface area contributed by atoms with Gasteiger partial charge < -0.3 is 9.47 Å². The van der Waals surface area contributed by atoms with E-state index in [1.165, 1.54) is 11.8 Å². The predicted octanol–water partition coefficient (Wildman–Crippen LogP) is 5.60. The van der Waals surface area contributed by atoms with Gasteiger partial charge in [-0.1, -0.05) is 60.1 Å². The van der Waals surface area contributed by atoms with Crippen LogP contribution < -0.4 is 9.47 Å². The number of aromatic nitrogens is 3. The van der Waals surface area contributed by atoms with Crippen LogP contribution in [0.25, 0.3) is 11.4 Å². The van der Waals surface area contributed by atoms with Crippen LogP contribution in [0.2, 0.25) is 5.02 Å². The van der Waals surface area contributed by atoms with Crippen LogP contribution in [0.5, 0.6) is 11.5 Å². The second-order valence-electron chi connectivity index (χ2n) is 6.87. The summed E-state index contributed by atoms with van der Waals surface area (Å²) in [6.45, 7) is 0.178. The van der Waals surface area contributed by atoms with E-state index in [2.05, 4.69) is 21.4 Å². The number of benzene rings is 3. The molecule has 1 aromatic heterocycles. The second kappa shape index (κ2) is 10.1. The molecule has 3 aromatic carbocycles.